The van der Waals surface area contributed by atoms with Crippen LogP contribution in [0.15, 0.2) is 34.8 Å². The van der Waals surface area contributed by atoms with Crippen LogP contribution in [0.5, 0.6) is 0 Å². The Labute approximate surface area is 136 Å². The Balaban J connectivity index is 1.77. The number of aromatic nitrogens is 1. The summed E-state index contributed by atoms with van der Waals surface area (Å²) < 4.78 is 0. The molecule has 3 N–H and O–H groups in total. The van der Waals surface area contributed by atoms with Gasteiger partial charge in [-0.05, 0) is 25.1 Å². The summed E-state index contributed by atoms with van der Waals surface area (Å²) in [7, 11) is 0. The first-order valence-electron chi connectivity index (χ1n) is 6.43. The molecule has 0 aliphatic heterocycles. The lowest BCUT2D eigenvalue weighted by molar-refractivity contribution is -0.120. The molecule has 1 aromatic carbocycles. The minimum absolute atomic E-state index is 0.233. The van der Waals surface area contributed by atoms with E-state index in [0.717, 1.165) is 10.7 Å². The number of carbonyl (C=O) groups excluding carboxylic acids is 1. The van der Waals surface area contributed by atoms with Crippen molar-refractivity contribution in [1.82, 2.24) is 4.98 Å². The second-order valence-electron chi connectivity index (χ2n) is 4.45. The van der Waals surface area contributed by atoms with Gasteiger partial charge in [-0.25, -0.2) is 4.98 Å². The number of amidine groups is 1. The van der Waals surface area contributed by atoms with Crippen molar-refractivity contribution in [3.05, 3.63) is 45.4 Å². The number of amides is 1. The van der Waals surface area contributed by atoms with E-state index < -0.39 is 0 Å². The second kappa shape index (κ2) is 7.77. The van der Waals surface area contributed by atoms with Gasteiger partial charge in [-0.1, -0.05) is 22.8 Å². The molecule has 116 valence electrons. The van der Waals surface area contributed by atoms with E-state index in [2.05, 4.69) is 15.5 Å². The summed E-state index contributed by atoms with van der Waals surface area (Å²) in [6, 6.07) is 6.83. The van der Waals surface area contributed by atoms with E-state index in [-0.39, 0.29) is 18.3 Å². The highest BCUT2D eigenvalue weighted by molar-refractivity contribution is 7.09. The van der Waals surface area contributed by atoms with Crippen LogP contribution >= 0.6 is 22.9 Å². The van der Waals surface area contributed by atoms with E-state index in [4.69, 9.17) is 22.2 Å². The zero-order chi connectivity index (χ0) is 15.9. The number of nitrogens with two attached hydrogens (primary N) is 1. The Morgan fingerprint density at radius 1 is 1.55 bits per heavy atom. The summed E-state index contributed by atoms with van der Waals surface area (Å²) in [4.78, 5) is 20.9. The van der Waals surface area contributed by atoms with Crippen molar-refractivity contribution in [3.8, 4) is 0 Å². The third-order valence-corrected chi connectivity index (χ3v) is 3.57. The van der Waals surface area contributed by atoms with Crippen molar-refractivity contribution in [2.45, 2.75) is 13.3 Å². The van der Waals surface area contributed by atoms with Gasteiger partial charge in [0.25, 0.3) is 5.91 Å². The number of rotatable bonds is 6. The number of nitrogens with one attached hydrogen (secondary N) is 1. The number of carbonyl (C=O) groups is 1. The lowest BCUT2D eigenvalue weighted by atomic mass is 10.3. The molecule has 0 saturated carbocycles. The van der Waals surface area contributed by atoms with Crippen LogP contribution in [0.25, 0.3) is 0 Å². The van der Waals surface area contributed by atoms with E-state index in [1.165, 1.54) is 0 Å². The van der Waals surface area contributed by atoms with Gasteiger partial charge in [0.1, 0.15) is 5.84 Å². The van der Waals surface area contributed by atoms with Crippen molar-refractivity contribution < 1.29 is 9.63 Å². The van der Waals surface area contributed by atoms with Crippen molar-refractivity contribution >= 4 is 40.4 Å². The Hall–Kier alpha value is -2.12. The highest BCUT2D eigenvalue weighted by Crippen LogP contribution is 2.14. The molecule has 0 atom stereocenters. The average Bonchev–Trinajstić information content (AvgIpc) is 2.84. The van der Waals surface area contributed by atoms with Crippen LogP contribution in [0.1, 0.15) is 10.7 Å². The van der Waals surface area contributed by atoms with E-state index in [1.54, 1.807) is 35.6 Å². The Kier molecular flexibility index (Phi) is 5.74. The second-order valence-corrected chi connectivity index (χ2v) is 5.95. The maximum Gasteiger partial charge on any atom is 0.265 e. The van der Waals surface area contributed by atoms with Gasteiger partial charge < -0.3 is 15.9 Å². The molecule has 0 aliphatic carbocycles. The molecule has 1 aromatic heterocycles. The van der Waals surface area contributed by atoms with Crippen molar-refractivity contribution in [2.24, 2.45) is 10.9 Å². The minimum Gasteiger partial charge on any atom is -0.384 e. The highest BCUT2D eigenvalue weighted by Gasteiger charge is 2.05. The highest BCUT2D eigenvalue weighted by atomic mass is 35.5. The Morgan fingerprint density at radius 3 is 3.05 bits per heavy atom. The molecule has 6 nitrogen and oxygen atoms in total. The van der Waals surface area contributed by atoms with Gasteiger partial charge in [0.15, 0.2) is 6.61 Å². The van der Waals surface area contributed by atoms with Gasteiger partial charge in [-0.2, -0.15) is 0 Å². The van der Waals surface area contributed by atoms with Gasteiger partial charge in [0.05, 0.1) is 17.1 Å². The number of aryl methyl sites for hydroxylation is 1. The Morgan fingerprint density at radius 2 is 2.36 bits per heavy atom. The predicted octanol–water partition coefficient (Wildman–Crippen LogP) is 2.57. The van der Waals surface area contributed by atoms with Crippen molar-refractivity contribution in [3.63, 3.8) is 0 Å². The number of anilines is 1. The molecular formula is C14H15ClN4O2S. The standard InChI is InChI=1S/C14H15ClN4O2S/c1-9-17-12(8-22-9)6-13(16)19-21-7-14(20)18-11-4-2-3-10(15)5-11/h2-5,8H,6-7H2,1H3,(H2,16,19)(H,18,20). The lowest BCUT2D eigenvalue weighted by Gasteiger charge is -2.05. The number of benzene rings is 1. The van der Waals surface area contributed by atoms with Gasteiger partial charge in [0.2, 0.25) is 0 Å². The fourth-order valence-electron chi connectivity index (χ4n) is 1.64. The van der Waals surface area contributed by atoms with Gasteiger partial charge >= 0.3 is 0 Å². The number of halogens is 1. The molecule has 8 heteroatoms. The summed E-state index contributed by atoms with van der Waals surface area (Å²) in [5.74, 6) is -0.0795. The first kappa shape index (κ1) is 16.3. The number of hydrogen-bond donors (Lipinski definition) is 2. The van der Waals surface area contributed by atoms with Crippen molar-refractivity contribution in [1.29, 1.82) is 0 Å². The number of hydrogen-bond acceptors (Lipinski definition) is 5. The van der Waals surface area contributed by atoms with Crippen LogP contribution in [0.3, 0.4) is 0 Å². The third kappa shape index (κ3) is 5.34. The summed E-state index contributed by atoms with van der Waals surface area (Å²) in [6.45, 7) is 1.68. The molecular weight excluding hydrogens is 324 g/mol. The largest absolute Gasteiger partial charge is 0.384 e. The van der Waals surface area contributed by atoms with E-state index >= 15 is 0 Å². The average molecular weight is 339 g/mol. The molecule has 2 rings (SSSR count). The van der Waals surface area contributed by atoms with E-state index in [0.29, 0.717) is 17.1 Å². The molecule has 2 aromatic rings. The predicted molar refractivity (Wildman–Crippen MR) is 88.2 cm³/mol. The zero-order valence-corrected chi connectivity index (χ0v) is 13.4. The van der Waals surface area contributed by atoms with Gasteiger partial charge in [0, 0.05) is 16.1 Å². The van der Waals surface area contributed by atoms with Gasteiger partial charge in [-0.3, -0.25) is 4.79 Å². The number of oxime groups is 1. The molecule has 0 saturated heterocycles. The monoisotopic (exact) mass is 338 g/mol. The molecule has 0 aliphatic rings. The molecule has 0 fully saturated rings. The van der Waals surface area contributed by atoms with Crippen LogP contribution in [-0.4, -0.2) is 23.3 Å². The molecule has 1 amide bonds. The quantitative estimate of drug-likeness (QED) is 0.481. The van der Waals surface area contributed by atoms with Crippen LogP contribution in [-0.2, 0) is 16.1 Å². The molecule has 0 radical (unpaired) electrons. The van der Waals surface area contributed by atoms with E-state index in [1.807, 2.05) is 12.3 Å². The fourth-order valence-corrected chi connectivity index (χ4v) is 2.45. The number of nitrogens with zero attached hydrogens (tertiary/aromatic N) is 2. The van der Waals surface area contributed by atoms with Crippen LogP contribution < -0.4 is 11.1 Å². The van der Waals surface area contributed by atoms with Crippen LogP contribution in [0.2, 0.25) is 5.02 Å². The molecule has 0 spiro atoms. The summed E-state index contributed by atoms with van der Waals surface area (Å²) >= 11 is 7.37. The smallest absolute Gasteiger partial charge is 0.265 e. The number of thiazole rings is 1. The third-order valence-electron chi connectivity index (χ3n) is 2.51. The maximum atomic E-state index is 11.7. The van der Waals surface area contributed by atoms with Crippen LogP contribution in [0, 0.1) is 6.92 Å². The molecule has 0 bridgehead atoms. The molecule has 1 heterocycles. The van der Waals surface area contributed by atoms with Crippen LogP contribution in [0.4, 0.5) is 5.69 Å². The topological polar surface area (TPSA) is 89.6 Å². The maximum absolute atomic E-state index is 11.7. The summed E-state index contributed by atoms with van der Waals surface area (Å²) in [5, 5.41) is 9.75. The first-order chi connectivity index (χ1) is 10.5. The van der Waals surface area contributed by atoms with Crippen molar-refractivity contribution in [2.75, 3.05) is 11.9 Å². The zero-order valence-electron chi connectivity index (χ0n) is 11.9. The molecule has 0 unspecified atom stereocenters. The normalized spacial score (nSPS) is 11.3. The summed E-state index contributed by atoms with van der Waals surface area (Å²) in [5.41, 5.74) is 7.14. The fraction of sp³-hybridized carbons (Fsp3) is 0.214. The first-order valence-corrected chi connectivity index (χ1v) is 7.69. The summed E-state index contributed by atoms with van der Waals surface area (Å²) in [6.07, 6.45) is 0.389. The SMILES string of the molecule is Cc1nc(CC(N)=NOCC(=O)Nc2cccc(Cl)c2)cs1. The Bertz CT molecular complexity index is 687. The van der Waals surface area contributed by atoms with E-state index in [9.17, 15) is 4.79 Å². The minimum atomic E-state index is -0.344. The van der Waals surface area contributed by atoms with Gasteiger partial charge in [-0.15, -0.1) is 11.3 Å². The lowest BCUT2D eigenvalue weighted by Crippen LogP contribution is -2.20. The molecule has 22 heavy (non-hydrogen) atoms.